The predicted molar refractivity (Wildman–Crippen MR) is 95.5 cm³/mol. The number of hydrogen-bond donors (Lipinski definition) is 3. The lowest BCUT2D eigenvalue weighted by Gasteiger charge is -2.63. The number of halogens is 1. The highest BCUT2D eigenvalue weighted by atomic mass is 19.1. The van der Waals surface area contributed by atoms with Crippen molar-refractivity contribution in [1.82, 2.24) is 0 Å². The molecule has 0 saturated heterocycles. The molecule has 1 unspecified atom stereocenters. The number of hydrogen-bond acceptors (Lipinski definition) is 5. The SMILES string of the molecule is [2H]C([2H])(O)C(=O)[C@@]1(O)CC[C@H]2[C@@H]3CC([2H])([2H])C4=CC(=O)C([2H])([2H])C[C@]4(C)C3(F)[C@@H](O)C[C@@]21C. The Morgan fingerprint density at radius 1 is 1.33 bits per heavy atom. The fourth-order valence-electron chi connectivity index (χ4n) is 6.37. The van der Waals surface area contributed by atoms with Gasteiger partial charge in [-0.25, -0.2) is 4.39 Å². The van der Waals surface area contributed by atoms with E-state index < -0.39 is 90.2 Å². The molecule has 3 saturated carbocycles. The largest absolute Gasteiger partial charge is 0.390 e. The fourth-order valence-corrected chi connectivity index (χ4v) is 6.37. The van der Waals surface area contributed by atoms with Crippen LogP contribution in [0.3, 0.4) is 0 Å². The molecular formula is C21H29FO5. The summed E-state index contributed by atoms with van der Waals surface area (Å²) in [5.74, 6) is -4.55. The van der Waals surface area contributed by atoms with Crippen LogP contribution >= 0.6 is 0 Å². The lowest BCUT2D eigenvalue weighted by Crippen LogP contribution is -2.69. The van der Waals surface area contributed by atoms with Gasteiger partial charge in [-0.3, -0.25) is 9.59 Å². The van der Waals surface area contributed by atoms with Crippen LogP contribution < -0.4 is 0 Å². The molecule has 0 heterocycles. The van der Waals surface area contributed by atoms with E-state index in [1.165, 1.54) is 13.8 Å². The number of Topliss-reactive ketones (excluding diaryl/α,β-unsaturated/α-hetero) is 1. The van der Waals surface area contributed by atoms with Crippen LogP contribution in [0.15, 0.2) is 11.6 Å². The Balaban J connectivity index is 1.89. The highest BCUT2D eigenvalue weighted by Crippen LogP contribution is 2.70. The third-order valence-electron chi connectivity index (χ3n) is 8.03. The van der Waals surface area contributed by atoms with Crippen molar-refractivity contribution >= 4 is 11.6 Å². The second-order valence-electron chi connectivity index (χ2n) is 8.95. The molecule has 3 fully saturated rings. The van der Waals surface area contributed by atoms with Crippen LogP contribution in [0.4, 0.5) is 4.39 Å². The molecule has 3 N–H and O–H groups in total. The molecule has 150 valence electrons. The Morgan fingerprint density at radius 3 is 2.70 bits per heavy atom. The minimum atomic E-state index is -3.36. The maximum absolute atomic E-state index is 17.2. The van der Waals surface area contributed by atoms with Crippen LogP contribution in [-0.4, -0.2) is 50.8 Å². The van der Waals surface area contributed by atoms with Gasteiger partial charge in [-0.05, 0) is 50.5 Å². The van der Waals surface area contributed by atoms with E-state index >= 15 is 4.39 Å². The molecule has 6 heteroatoms. The molecule has 0 aromatic rings. The third-order valence-corrected chi connectivity index (χ3v) is 8.03. The monoisotopic (exact) mass is 386 g/mol. The minimum Gasteiger partial charge on any atom is -0.390 e. The van der Waals surface area contributed by atoms with Gasteiger partial charge < -0.3 is 15.3 Å². The molecule has 0 aromatic heterocycles. The summed E-state index contributed by atoms with van der Waals surface area (Å²) in [7, 11) is 0. The molecule has 4 aliphatic rings. The summed E-state index contributed by atoms with van der Waals surface area (Å²) in [4.78, 5) is 25.0. The van der Waals surface area contributed by atoms with Crippen molar-refractivity contribution in [2.24, 2.45) is 22.7 Å². The average Bonchev–Trinajstić information content (AvgIpc) is 2.90. The Kier molecular flexibility index (Phi) is 2.79. The van der Waals surface area contributed by atoms with E-state index in [2.05, 4.69) is 0 Å². The average molecular weight is 386 g/mol. The van der Waals surface area contributed by atoms with E-state index in [-0.39, 0.29) is 18.4 Å². The van der Waals surface area contributed by atoms with Crippen molar-refractivity contribution < 1.29 is 37.5 Å². The first-order valence-corrected chi connectivity index (χ1v) is 9.32. The smallest absolute Gasteiger partial charge is 0.190 e. The quantitative estimate of drug-likeness (QED) is 0.674. The minimum absolute atomic E-state index is 0.0227. The van der Waals surface area contributed by atoms with E-state index in [1.807, 2.05) is 0 Å². The van der Waals surface area contributed by atoms with Crippen molar-refractivity contribution in [1.29, 1.82) is 0 Å². The topological polar surface area (TPSA) is 94.8 Å². The van der Waals surface area contributed by atoms with Crippen molar-refractivity contribution in [3.05, 3.63) is 11.6 Å². The lowest BCUT2D eigenvalue weighted by molar-refractivity contribution is -0.226. The second-order valence-corrected chi connectivity index (χ2v) is 8.95. The summed E-state index contributed by atoms with van der Waals surface area (Å²) in [6.07, 6.45) is -7.59. The first kappa shape index (κ1) is 13.2. The van der Waals surface area contributed by atoms with E-state index in [9.17, 15) is 24.9 Å². The zero-order chi connectivity index (χ0) is 25.2. The predicted octanol–water partition coefficient (Wildman–Crippen LogP) is 1.87. The van der Waals surface area contributed by atoms with Crippen LogP contribution in [0, 0.1) is 22.7 Å². The van der Waals surface area contributed by atoms with Gasteiger partial charge in [-0.2, -0.15) is 0 Å². The van der Waals surface area contributed by atoms with Gasteiger partial charge in [0.15, 0.2) is 11.6 Å². The fraction of sp³-hybridized carbons (Fsp3) is 0.810. The Labute approximate surface area is 167 Å². The van der Waals surface area contributed by atoms with Gasteiger partial charge in [0, 0.05) is 28.6 Å². The number of carbonyl (C=O) groups excluding carboxylic acids is 2. The van der Waals surface area contributed by atoms with E-state index in [4.69, 9.17) is 8.22 Å². The summed E-state index contributed by atoms with van der Waals surface area (Å²) in [6, 6.07) is 0. The molecule has 27 heavy (non-hydrogen) atoms. The van der Waals surface area contributed by atoms with Crippen molar-refractivity contribution in [3.63, 3.8) is 0 Å². The van der Waals surface area contributed by atoms with Crippen LogP contribution in [0.2, 0.25) is 0 Å². The number of carbonyl (C=O) groups is 2. The van der Waals surface area contributed by atoms with Gasteiger partial charge in [-0.1, -0.05) is 19.4 Å². The highest BCUT2D eigenvalue weighted by Gasteiger charge is 2.74. The van der Waals surface area contributed by atoms with Crippen molar-refractivity contribution in [2.75, 3.05) is 6.56 Å². The van der Waals surface area contributed by atoms with Gasteiger partial charge in [0.05, 0.1) is 8.85 Å². The van der Waals surface area contributed by atoms with E-state index in [1.54, 1.807) is 0 Å². The van der Waals surface area contributed by atoms with Gasteiger partial charge >= 0.3 is 0 Å². The zero-order valence-electron chi connectivity index (χ0n) is 21.4. The molecule has 4 aliphatic carbocycles. The number of aliphatic hydroxyl groups excluding tert-OH is 1. The molecule has 0 radical (unpaired) electrons. The molecule has 5 nitrogen and oxygen atoms in total. The molecule has 4 rings (SSSR count). The molecule has 7 atom stereocenters. The number of ketones is 2. The first-order chi connectivity index (χ1) is 14.7. The summed E-state index contributed by atoms with van der Waals surface area (Å²) in [5, 5.41) is 32.2. The maximum atomic E-state index is 17.2. The molecule has 0 bridgehead atoms. The summed E-state index contributed by atoms with van der Waals surface area (Å²) >= 11 is 0. The summed E-state index contributed by atoms with van der Waals surface area (Å²) in [5.41, 5.74) is -8.59. The standard InChI is InChI=1S/C21H29FO5/c1-18-7-5-13(24)9-12(18)3-4-15-14-6-8-20(27,17(26)11-23)19(14,2)10-16(25)21(15,18)22/h9,14-16,23,25,27H,3-8,10-11H2,1-2H3/t14-,15-,16-,18-,19-,20-,21?/m0/s1/i3D2,5D2,11D2. The van der Waals surface area contributed by atoms with Gasteiger partial charge in [-0.15, -0.1) is 0 Å². The highest BCUT2D eigenvalue weighted by molar-refractivity contribution is 5.92. The summed E-state index contributed by atoms with van der Waals surface area (Å²) in [6.45, 7) is -0.619. The maximum Gasteiger partial charge on any atom is 0.190 e. The molecule has 0 aliphatic heterocycles. The molecular weight excluding hydrogens is 351 g/mol. The van der Waals surface area contributed by atoms with Crippen molar-refractivity contribution in [3.8, 4) is 0 Å². The summed E-state index contributed by atoms with van der Waals surface area (Å²) < 4.78 is 65.4. The normalized spacial score (nSPS) is 59.4. The van der Waals surface area contributed by atoms with Crippen LogP contribution in [0.5, 0.6) is 0 Å². The van der Waals surface area contributed by atoms with Crippen LogP contribution in [0.1, 0.15) is 66.9 Å². The third kappa shape index (κ3) is 2.10. The molecule has 0 amide bonds. The second kappa shape index (κ2) is 5.71. The number of aliphatic hydroxyl groups is 3. The van der Waals surface area contributed by atoms with Gasteiger partial charge in [0.1, 0.15) is 17.8 Å². The number of rotatable bonds is 2. The number of fused-ring (bicyclic) bond motifs is 5. The van der Waals surface area contributed by atoms with Crippen LogP contribution in [-0.2, 0) is 9.59 Å². The van der Waals surface area contributed by atoms with Gasteiger partial charge in [0.2, 0.25) is 0 Å². The van der Waals surface area contributed by atoms with Crippen LogP contribution in [0.25, 0.3) is 0 Å². The first-order valence-electron chi connectivity index (χ1n) is 12.3. The Morgan fingerprint density at radius 2 is 2.04 bits per heavy atom. The lowest BCUT2D eigenvalue weighted by atomic mass is 9.44. The number of allylic oxidation sites excluding steroid dienone is 1. The Hall–Kier alpha value is -1.11. The molecule has 0 spiro atoms. The van der Waals surface area contributed by atoms with Gasteiger partial charge in [0.25, 0.3) is 0 Å². The molecule has 0 aromatic carbocycles. The Bertz CT molecular complexity index is 965. The van der Waals surface area contributed by atoms with E-state index in [0.717, 1.165) is 6.08 Å². The van der Waals surface area contributed by atoms with Crippen molar-refractivity contribution in [2.45, 2.75) is 76.1 Å². The number of alkyl halides is 1. The van der Waals surface area contributed by atoms with E-state index in [0.29, 0.717) is 0 Å². The zero-order valence-corrected chi connectivity index (χ0v) is 15.4.